The predicted octanol–water partition coefficient (Wildman–Crippen LogP) is 4.30. The highest BCUT2D eigenvalue weighted by atomic mass is 16.5. The SMILES string of the molecule is Cc1ccc(CC(=O)N2CCCC[C@H]2c2c(-c3onc(C)c3C)cnn2C)cc1. The first-order valence-corrected chi connectivity index (χ1v) is 10.3. The van der Waals surface area contributed by atoms with E-state index in [0.717, 1.165) is 59.6 Å². The van der Waals surface area contributed by atoms with Gasteiger partial charge in [0.05, 0.1) is 35.6 Å². The van der Waals surface area contributed by atoms with Gasteiger partial charge < -0.3 is 9.42 Å². The Kier molecular flexibility index (Phi) is 5.26. The molecule has 1 aliphatic heterocycles. The van der Waals surface area contributed by atoms with E-state index in [1.165, 1.54) is 5.56 Å². The molecule has 0 aliphatic carbocycles. The molecule has 3 aromatic rings. The second-order valence-electron chi connectivity index (χ2n) is 8.05. The fourth-order valence-corrected chi connectivity index (χ4v) is 4.18. The van der Waals surface area contributed by atoms with Crippen LogP contribution in [-0.2, 0) is 18.3 Å². The van der Waals surface area contributed by atoms with Gasteiger partial charge in [-0.15, -0.1) is 0 Å². The lowest BCUT2D eigenvalue weighted by molar-refractivity contribution is -0.134. The molecule has 0 N–H and O–H groups in total. The summed E-state index contributed by atoms with van der Waals surface area (Å²) >= 11 is 0. The third-order valence-corrected chi connectivity index (χ3v) is 6.00. The van der Waals surface area contributed by atoms with E-state index in [9.17, 15) is 4.79 Å². The average Bonchev–Trinajstić information content (AvgIpc) is 3.25. The van der Waals surface area contributed by atoms with Crippen LogP contribution in [0.1, 0.15) is 53.4 Å². The Morgan fingerprint density at radius 1 is 1.17 bits per heavy atom. The molecule has 0 unspecified atom stereocenters. The highest BCUT2D eigenvalue weighted by Gasteiger charge is 2.33. The molecule has 1 saturated heterocycles. The summed E-state index contributed by atoms with van der Waals surface area (Å²) in [5.74, 6) is 0.915. The highest BCUT2D eigenvalue weighted by molar-refractivity contribution is 5.80. The van der Waals surface area contributed by atoms with Crippen molar-refractivity contribution in [2.75, 3.05) is 6.54 Å². The first-order valence-electron chi connectivity index (χ1n) is 10.3. The van der Waals surface area contributed by atoms with E-state index in [1.807, 2.05) is 48.8 Å². The maximum atomic E-state index is 13.2. The number of likely N-dealkylation sites (tertiary alicyclic amines) is 1. The Hall–Kier alpha value is -2.89. The molecule has 1 amide bonds. The topological polar surface area (TPSA) is 64.2 Å². The standard InChI is InChI=1S/C23H28N4O2/c1-15-8-10-18(11-9-15)13-21(28)27-12-6-5-7-20(27)22-19(14-24-26(22)4)23-16(2)17(3)25-29-23/h8-11,14,20H,5-7,12-13H2,1-4H3/t20-/m0/s1. The van der Waals surface area contributed by atoms with E-state index < -0.39 is 0 Å². The fourth-order valence-electron chi connectivity index (χ4n) is 4.18. The first-order chi connectivity index (χ1) is 14.0. The number of hydrogen-bond acceptors (Lipinski definition) is 4. The van der Waals surface area contributed by atoms with Gasteiger partial charge in [-0.2, -0.15) is 5.10 Å². The molecule has 152 valence electrons. The molecule has 1 atom stereocenters. The van der Waals surface area contributed by atoms with Gasteiger partial charge in [-0.1, -0.05) is 35.0 Å². The average molecular weight is 393 g/mol. The molecule has 0 spiro atoms. The minimum atomic E-state index is -0.00555. The number of amides is 1. The van der Waals surface area contributed by atoms with Crippen molar-refractivity contribution in [2.24, 2.45) is 7.05 Å². The van der Waals surface area contributed by atoms with E-state index in [2.05, 4.69) is 29.3 Å². The van der Waals surface area contributed by atoms with E-state index in [4.69, 9.17) is 4.52 Å². The van der Waals surface area contributed by atoms with Crippen molar-refractivity contribution >= 4 is 5.91 Å². The van der Waals surface area contributed by atoms with Crippen LogP contribution < -0.4 is 0 Å². The molecule has 6 heteroatoms. The summed E-state index contributed by atoms with van der Waals surface area (Å²) in [5, 5.41) is 8.61. The van der Waals surface area contributed by atoms with Gasteiger partial charge in [0.15, 0.2) is 5.76 Å². The molecular formula is C23H28N4O2. The zero-order valence-corrected chi connectivity index (χ0v) is 17.6. The molecule has 29 heavy (non-hydrogen) atoms. The second-order valence-corrected chi connectivity index (χ2v) is 8.05. The van der Waals surface area contributed by atoms with E-state index >= 15 is 0 Å². The quantitative estimate of drug-likeness (QED) is 0.664. The van der Waals surface area contributed by atoms with Gasteiger partial charge >= 0.3 is 0 Å². The van der Waals surface area contributed by atoms with Crippen LogP contribution in [0.25, 0.3) is 11.3 Å². The number of benzene rings is 1. The second kappa shape index (κ2) is 7.85. The maximum Gasteiger partial charge on any atom is 0.227 e. The normalized spacial score (nSPS) is 17.0. The summed E-state index contributed by atoms with van der Waals surface area (Å²) in [5.41, 5.74) is 6.12. The fraction of sp³-hybridized carbons (Fsp3) is 0.435. The maximum absolute atomic E-state index is 13.2. The zero-order valence-electron chi connectivity index (χ0n) is 17.6. The van der Waals surface area contributed by atoms with Crippen molar-refractivity contribution in [1.82, 2.24) is 19.8 Å². The van der Waals surface area contributed by atoms with Crippen LogP contribution in [0, 0.1) is 20.8 Å². The van der Waals surface area contributed by atoms with Crippen LogP contribution in [0.4, 0.5) is 0 Å². The number of nitrogens with zero attached hydrogens (tertiary/aromatic N) is 4. The monoisotopic (exact) mass is 392 g/mol. The first kappa shape index (κ1) is 19.4. The Morgan fingerprint density at radius 2 is 1.93 bits per heavy atom. The van der Waals surface area contributed by atoms with Gasteiger partial charge in [-0.25, -0.2) is 0 Å². The van der Waals surface area contributed by atoms with Crippen molar-refractivity contribution < 1.29 is 9.32 Å². The molecule has 2 aromatic heterocycles. The highest BCUT2D eigenvalue weighted by Crippen LogP contribution is 2.38. The summed E-state index contributed by atoms with van der Waals surface area (Å²) < 4.78 is 7.51. The number of carbonyl (C=O) groups is 1. The van der Waals surface area contributed by atoms with Crippen molar-refractivity contribution in [3.8, 4) is 11.3 Å². The Balaban J connectivity index is 1.66. The molecule has 6 nitrogen and oxygen atoms in total. The van der Waals surface area contributed by atoms with E-state index in [1.54, 1.807) is 0 Å². The molecule has 4 rings (SSSR count). The summed E-state index contributed by atoms with van der Waals surface area (Å²) in [6.07, 6.45) is 5.31. The van der Waals surface area contributed by atoms with Gasteiger partial charge in [0.2, 0.25) is 5.91 Å². The minimum absolute atomic E-state index is 0.00555. The van der Waals surface area contributed by atoms with Crippen LogP contribution in [-0.4, -0.2) is 32.3 Å². The van der Waals surface area contributed by atoms with Crippen LogP contribution in [0.5, 0.6) is 0 Å². The van der Waals surface area contributed by atoms with Crippen LogP contribution in [0.15, 0.2) is 35.0 Å². The number of aryl methyl sites for hydroxylation is 3. The van der Waals surface area contributed by atoms with E-state index in [-0.39, 0.29) is 11.9 Å². The lowest BCUT2D eigenvalue weighted by atomic mass is 9.94. The third kappa shape index (κ3) is 3.71. The largest absolute Gasteiger partial charge is 0.356 e. The van der Waals surface area contributed by atoms with Crippen LogP contribution >= 0.6 is 0 Å². The number of piperidine rings is 1. The number of carbonyl (C=O) groups excluding carboxylic acids is 1. The summed E-state index contributed by atoms with van der Waals surface area (Å²) in [6.45, 7) is 6.79. The molecule has 3 heterocycles. The summed E-state index contributed by atoms with van der Waals surface area (Å²) in [7, 11) is 1.94. The van der Waals surface area contributed by atoms with Crippen molar-refractivity contribution in [3.63, 3.8) is 0 Å². The van der Waals surface area contributed by atoms with Crippen molar-refractivity contribution in [1.29, 1.82) is 0 Å². The summed E-state index contributed by atoms with van der Waals surface area (Å²) in [4.78, 5) is 15.3. The minimum Gasteiger partial charge on any atom is -0.356 e. The lowest BCUT2D eigenvalue weighted by Gasteiger charge is -2.36. The Morgan fingerprint density at radius 3 is 2.62 bits per heavy atom. The third-order valence-electron chi connectivity index (χ3n) is 6.00. The van der Waals surface area contributed by atoms with E-state index in [0.29, 0.717) is 6.42 Å². The predicted molar refractivity (Wildman–Crippen MR) is 111 cm³/mol. The lowest BCUT2D eigenvalue weighted by Crippen LogP contribution is -2.40. The molecule has 0 radical (unpaired) electrons. The molecule has 1 aliphatic rings. The van der Waals surface area contributed by atoms with Crippen molar-refractivity contribution in [2.45, 2.75) is 52.5 Å². The molecule has 0 saturated carbocycles. The van der Waals surface area contributed by atoms with Crippen LogP contribution in [0.2, 0.25) is 0 Å². The van der Waals surface area contributed by atoms with Gasteiger partial charge in [-0.05, 0) is 45.6 Å². The molecular weight excluding hydrogens is 364 g/mol. The van der Waals surface area contributed by atoms with Gasteiger partial charge in [0.1, 0.15) is 0 Å². The Labute approximate surface area is 171 Å². The van der Waals surface area contributed by atoms with Gasteiger partial charge in [-0.3, -0.25) is 9.48 Å². The molecule has 1 aromatic carbocycles. The van der Waals surface area contributed by atoms with Crippen LogP contribution in [0.3, 0.4) is 0 Å². The molecule has 1 fully saturated rings. The van der Waals surface area contributed by atoms with Gasteiger partial charge in [0.25, 0.3) is 0 Å². The Bertz CT molecular complexity index is 1020. The zero-order chi connectivity index (χ0) is 20.5. The number of rotatable bonds is 4. The van der Waals surface area contributed by atoms with Crippen molar-refractivity contribution in [3.05, 3.63) is 58.5 Å². The molecule has 0 bridgehead atoms. The summed E-state index contributed by atoms with van der Waals surface area (Å²) in [6, 6.07) is 8.20. The number of aromatic nitrogens is 3. The van der Waals surface area contributed by atoms with Gasteiger partial charge in [0, 0.05) is 19.2 Å². The number of hydrogen-bond donors (Lipinski definition) is 0. The smallest absolute Gasteiger partial charge is 0.227 e.